The number of nitrogens with zero attached hydrogens (tertiary/aromatic N) is 1. The van der Waals surface area contributed by atoms with Gasteiger partial charge in [-0.1, -0.05) is 6.07 Å². The lowest BCUT2D eigenvalue weighted by molar-refractivity contribution is -0.138. The summed E-state index contributed by atoms with van der Waals surface area (Å²) in [4.78, 5) is 12.2. The van der Waals surface area contributed by atoms with Gasteiger partial charge in [-0.05, 0) is 20.0 Å². The molecule has 1 rings (SSSR count). The van der Waals surface area contributed by atoms with Crippen LogP contribution in [0.15, 0.2) is 18.2 Å². The van der Waals surface area contributed by atoms with Crippen LogP contribution >= 0.6 is 0 Å². The van der Waals surface area contributed by atoms with Gasteiger partial charge < -0.3 is 5.11 Å². The van der Waals surface area contributed by atoms with Crippen molar-refractivity contribution in [3.63, 3.8) is 0 Å². The summed E-state index contributed by atoms with van der Waals surface area (Å²) in [5, 5.41) is 8.64. The Morgan fingerprint density at radius 1 is 1.47 bits per heavy atom. The van der Waals surface area contributed by atoms with E-state index in [-0.39, 0.29) is 19.0 Å². The molecule has 0 aliphatic heterocycles. The van der Waals surface area contributed by atoms with E-state index in [1.165, 1.54) is 12.1 Å². The molecule has 1 atom stereocenters. The average molecular weight is 243 g/mol. The van der Waals surface area contributed by atoms with Gasteiger partial charge in [0.25, 0.3) is 0 Å². The van der Waals surface area contributed by atoms with Gasteiger partial charge in [-0.3, -0.25) is 9.69 Å². The second-order valence-corrected chi connectivity index (χ2v) is 4.10. The molecule has 0 spiro atoms. The summed E-state index contributed by atoms with van der Waals surface area (Å²) in [7, 11) is 1.70. The van der Waals surface area contributed by atoms with Gasteiger partial charge in [0.05, 0.1) is 6.42 Å². The van der Waals surface area contributed by atoms with Gasteiger partial charge in [0.1, 0.15) is 11.6 Å². The van der Waals surface area contributed by atoms with Crippen molar-refractivity contribution in [3.8, 4) is 0 Å². The third kappa shape index (κ3) is 4.11. The Bertz CT molecular complexity index is 409. The van der Waals surface area contributed by atoms with Crippen molar-refractivity contribution in [2.24, 2.45) is 0 Å². The topological polar surface area (TPSA) is 40.5 Å². The first-order chi connectivity index (χ1) is 7.90. The number of carboxylic acid groups (broad SMARTS) is 1. The summed E-state index contributed by atoms with van der Waals surface area (Å²) in [6.45, 7) is 2.00. The van der Waals surface area contributed by atoms with E-state index in [1.807, 2.05) is 0 Å². The molecular weight excluding hydrogens is 228 g/mol. The highest BCUT2D eigenvalue weighted by Gasteiger charge is 2.15. The number of benzene rings is 1. The zero-order chi connectivity index (χ0) is 13.0. The molecule has 3 nitrogen and oxygen atoms in total. The predicted molar refractivity (Wildman–Crippen MR) is 59.5 cm³/mol. The largest absolute Gasteiger partial charge is 0.481 e. The molecular formula is C12H15F2NO2. The number of aliphatic carboxylic acids is 1. The van der Waals surface area contributed by atoms with E-state index < -0.39 is 17.6 Å². The van der Waals surface area contributed by atoms with Crippen LogP contribution in [-0.2, 0) is 11.3 Å². The Labute approximate surface area is 98.7 Å². The zero-order valence-electron chi connectivity index (χ0n) is 9.78. The molecule has 0 saturated heterocycles. The van der Waals surface area contributed by atoms with Gasteiger partial charge in [0.2, 0.25) is 0 Å². The van der Waals surface area contributed by atoms with Crippen LogP contribution < -0.4 is 0 Å². The Balaban J connectivity index is 2.67. The van der Waals surface area contributed by atoms with Gasteiger partial charge in [-0.2, -0.15) is 0 Å². The monoisotopic (exact) mass is 243 g/mol. The van der Waals surface area contributed by atoms with E-state index in [9.17, 15) is 13.6 Å². The number of halogens is 2. The average Bonchev–Trinajstić information content (AvgIpc) is 2.21. The summed E-state index contributed by atoms with van der Waals surface area (Å²) in [5.74, 6) is -2.13. The second kappa shape index (κ2) is 5.72. The molecule has 5 heteroatoms. The molecule has 0 amide bonds. The van der Waals surface area contributed by atoms with Crippen LogP contribution in [0.5, 0.6) is 0 Å². The molecule has 94 valence electrons. The van der Waals surface area contributed by atoms with E-state index >= 15 is 0 Å². The highest BCUT2D eigenvalue weighted by Crippen LogP contribution is 2.13. The summed E-state index contributed by atoms with van der Waals surface area (Å²) < 4.78 is 26.0. The first-order valence-corrected chi connectivity index (χ1v) is 5.26. The van der Waals surface area contributed by atoms with Crippen molar-refractivity contribution in [1.29, 1.82) is 0 Å². The minimum absolute atomic E-state index is 0.0146. The van der Waals surface area contributed by atoms with Gasteiger partial charge in [-0.15, -0.1) is 0 Å². The third-order valence-electron chi connectivity index (χ3n) is 2.66. The number of carboxylic acids is 1. The minimum Gasteiger partial charge on any atom is -0.481 e. The SMILES string of the molecule is CC(CC(=O)O)N(C)Cc1ccc(F)cc1F. The molecule has 0 heterocycles. The molecule has 0 radical (unpaired) electrons. The molecule has 1 unspecified atom stereocenters. The van der Waals surface area contributed by atoms with Crippen molar-refractivity contribution in [2.45, 2.75) is 25.9 Å². The lowest BCUT2D eigenvalue weighted by Crippen LogP contribution is -2.30. The molecule has 1 aromatic rings. The minimum atomic E-state index is -0.899. The van der Waals surface area contributed by atoms with Gasteiger partial charge in [0, 0.05) is 24.2 Å². The van der Waals surface area contributed by atoms with Crippen LogP contribution in [-0.4, -0.2) is 29.1 Å². The molecule has 0 aliphatic carbocycles. The van der Waals surface area contributed by atoms with Gasteiger partial charge >= 0.3 is 5.97 Å². The smallest absolute Gasteiger partial charge is 0.304 e. The number of hydrogen-bond acceptors (Lipinski definition) is 2. The predicted octanol–water partition coefficient (Wildman–Crippen LogP) is 2.26. The van der Waals surface area contributed by atoms with Gasteiger partial charge in [-0.25, -0.2) is 8.78 Å². The zero-order valence-corrected chi connectivity index (χ0v) is 9.78. The fraction of sp³-hybridized carbons (Fsp3) is 0.417. The van der Waals surface area contributed by atoms with E-state index in [4.69, 9.17) is 5.11 Å². The van der Waals surface area contributed by atoms with Crippen molar-refractivity contribution >= 4 is 5.97 Å². The van der Waals surface area contributed by atoms with Crippen LogP contribution in [0.4, 0.5) is 8.78 Å². The Hall–Kier alpha value is -1.49. The highest BCUT2D eigenvalue weighted by molar-refractivity contribution is 5.67. The Kier molecular flexibility index (Phi) is 4.57. The first kappa shape index (κ1) is 13.6. The summed E-state index contributed by atoms with van der Waals surface area (Å²) in [6, 6.07) is 3.17. The van der Waals surface area contributed by atoms with Crippen LogP contribution in [0.25, 0.3) is 0 Å². The molecule has 0 fully saturated rings. The number of rotatable bonds is 5. The molecule has 0 bridgehead atoms. The molecule has 0 saturated carbocycles. The third-order valence-corrected chi connectivity index (χ3v) is 2.66. The summed E-state index contributed by atoms with van der Waals surface area (Å²) in [5.41, 5.74) is 0.353. The van der Waals surface area contributed by atoms with Crippen molar-refractivity contribution in [1.82, 2.24) is 4.90 Å². The molecule has 0 aromatic heterocycles. The maximum atomic E-state index is 13.4. The quantitative estimate of drug-likeness (QED) is 0.862. The van der Waals surface area contributed by atoms with E-state index in [2.05, 4.69) is 0 Å². The second-order valence-electron chi connectivity index (χ2n) is 4.10. The van der Waals surface area contributed by atoms with Crippen molar-refractivity contribution in [2.75, 3.05) is 7.05 Å². The Morgan fingerprint density at radius 2 is 2.12 bits per heavy atom. The normalized spacial score (nSPS) is 12.8. The number of hydrogen-bond donors (Lipinski definition) is 1. The summed E-state index contributed by atoms with van der Waals surface area (Å²) >= 11 is 0. The van der Waals surface area contributed by atoms with Crippen molar-refractivity contribution in [3.05, 3.63) is 35.4 Å². The fourth-order valence-electron chi connectivity index (χ4n) is 1.48. The summed E-state index contributed by atoms with van der Waals surface area (Å²) in [6.07, 6.45) is -0.0146. The molecule has 0 aliphatic rings. The fourth-order valence-corrected chi connectivity index (χ4v) is 1.48. The van der Waals surface area contributed by atoms with Gasteiger partial charge in [0.15, 0.2) is 0 Å². The van der Waals surface area contributed by atoms with Crippen LogP contribution in [0.1, 0.15) is 18.9 Å². The van der Waals surface area contributed by atoms with Crippen molar-refractivity contribution < 1.29 is 18.7 Å². The maximum Gasteiger partial charge on any atom is 0.304 e. The van der Waals surface area contributed by atoms with E-state index in [0.717, 1.165) is 6.07 Å². The van der Waals surface area contributed by atoms with Crippen LogP contribution in [0.2, 0.25) is 0 Å². The molecule has 1 N–H and O–H groups in total. The lowest BCUT2D eigenvalue weighted by atomic mass is 10.1. The highest BCUT2D eigenvalue weighted by atomic mass is 19.1. The lowest BCUT2D eigenvalue weighted by Gasteiger charge is -2.23. The Morgan fingerprint density at radius 3 is 2.65 bits per heavy atom. The van der Waals surface area contributed by atoms with E-state index in [0.29, 0.717) is 5.56 Å². The van der Waals surface area contributed by atoms with E-state index in [1.54, 1.807) is 18.9 Å². The first-order valence-electron chi connectivity index (χ1n) is 5.26. The standard InChI is InChI=1S/C12H15F2NO2/c1-8(5-12(16)17)15(2)7-9-3-4-10(13)6-11(9)14/h3-4,6,8H,5,7H2,1-2H3,(H,16,17). The maximum absolute atomic E-state index is 13.4. The van der Waals surface area contributed by atoms with Crippen LogP contribution in [0.3, 0.4) is 0 Å². The molecule has 17 heavy (non-hydrogen) atoms. The van der Waals surface area contributed by atoms with Crippen LogP contribution in [0, 0.1) is 11.6 Å². The number of carbonyl (C=O) groups is 1. The molecule has 1 aromatic carbocycles.